The number of carbonyl (C=O) groups excluding carboxylic acids is 6. The van der Waals surface area contributed by atoms with Crippen molar-refractivity contribution in [3.8, 4) is 46.0 Å². The van der Waals surface area contributed by atoms with Crippen LogP contribution in [-0.2, 0) is 74.6 Å². The number of amides is 6. The number of rotatable bonds is 35. The summed E-state index contributed by atoms with van der Waals surface area (Å²) in [4.78, 5) is 70.9. The average Bonchev–Trinajstić information content (AvgIpc) is 1.19. The molecule has 12 aromatic rings. The minimum Gasteiger partial charge on any atom is -0.497 e. The molecule has 0 aliphatic rings. The van der Waals surface area contributed by atoms with Gasteiger partial charge in [0.25, 0.3) is 12.3 Å². The van der Waals surface area contributed by atoms with Crippen LogP contribution in [-0.4, -0.2) is 80.4 Å². The molecule has 148 heavy (non-hydrogen) atoms. The molecule has 12 rings (SSSR count). The standard InChI is InChI=1S/C21H27NO3.C20H25NO4.C19H20F3NO3.C19H21F2NO3.C19H23NO4.C18H20FNO3/c1-6-20(23)22(24)21-17(8-7-9-18(21)14(2)3)13-25-19-11-10-15(4)12-16(19)5;1-5-20(22)21(23)18-12-17(24-6-2)9-8-16(18)13-25-19-10-7-14(3)11-15(19)4;1-4-18(24)23(25)16-10-15(19(20,21)22)7-6-14(16)11-26-17-8-5-12(2)9-13(17)3;1-4-18(23)22(24)16-10-14(19(20)21)6-7-15(16)11-25-17-8-5-12(2)9-13(17)3;1-5-19(21)20(22)17-11-16(23-4)8-7-15(17)12-24-18-9-6-13(2)10-14(18)3;1-4-17(21)20(22)18-14(6-5-7-15(18)19)11-23-16-9-8-12(2)10-13(16)3/h7-12,14,24H,6,13H2,1-5H3;7-12,23H,5-6,13H2,1-4H3;5-10,25H,4,11H2,1-3H3;5-10,19,24H,4,11H2,1-3H3;6-11,22H,5,12H2,1-4H3;5-10,22H,4,11H2,1-3H3. The molecule has 6 amide bonds. The van der Waals surface area contributed by atoms with Crippen LogP contribution in [0.2, 0.25) is 0 Å². The van der Waals surface area contributed by atoms with Crippen LogP contribution in [0.3, 0.4) is 0 Å². The Bertz CT molecular complexity index is 6500. The van der Waals surface area contributed by atoms with Crippen molar-refractivity contribution in [3.05, 3.63) is 341 Å². The van der Waals surface area contributed by atoms with Gasteiger partial charge in [0.2, 0.25) is 29.5 Å². The molecule has 0 aliphatic carbocycles. The zero-order valence-corrected chi connectivity index (χ0v) is 88.0. The first-order valence-electron chi connectivity index (χ1n) is 48.4. The molecule has 792 valence electrons. The summed E-state index contributed by atoms with van der Waals surface area (Å²) in [5.74, 6) is 1.93. The van der Waals surface area contributed by atoms with Gasteiger partial charge in [0.15, 0.2) is 0 Å². The van der Waals surface area contributed by atoms with Gasteiger partial charge in [0.1, 0.15) is 97.1 Å². The fourth-order valence-corrected chi connectivity index (χ4v) is 15.0. The van der Waals surface area contributed by atoms with E-state index >= 15 is 0 Å². The second kappa shape index (κ2) is 57.9. The van der Waals surface area contributed by atoms with Crippen LogP contribution in [0.5, 0.6) is 46.0 Å². The SMILES string of the molecule is CCC(=O)N(O)c1c(COc2ccc(C)cc2C)cccc1C(C)C.CCC(=O)N(O)c1c(F)cccc1COc1ccc(C)cc1C.CCC(=O)N(O)c1cc(C(F)(F)F)ccc1COc1ccc(C)cc1C.CCC(=O)N(O)c1cc(C(F)F)ccc1COc1ccc(C)cc1C.CCC(=O)N(O)c1cc(OC)ccc1COc1ccc(C)cc1C.CCOc1ccc(COc2ccc(C)cc2C)c(N(O)C(=O)CC)c1. The summed E-state index contributed by atoms with van der Waals surface area (Å²) in [6.45, 7) is 40.7. The van der Waals surface area contributed by atoms with Crippen molar-refractivity contribution in [1.82, 2.24) is 0 Å². The Morgan fingerprint density at radius 2 is 0.574 bits per heavy atom. The zero-order valence-electron chi connectivity index (χ0n) is 88.0. The van der Waals surface area contributed by atoms with Gasteiger partial charge in [-0.25, -0.2) is 13.2 Å². The van der Waals surface area contributed by atoms with Gasteiger partial charge in [-0.1, -0.05) is 210 Å². The number of hydrogen-bond acceptors (Lipinski definition) is 20. The highest BCUT2D eigenvalue weighted by Crippen LogP contribution is 2.39. The van der Waals surface area contributed by atoms with Crippen LogP contribution in [0.25, 0.3) is 0 Å². The Hall–Kier alpha value is -14.8. The largest absolute Gasteiger partial charge is 0.497 e. The molecular weight excluding hydrogens is 1910 g/mol. The number of halogens is 6. The molecular formula is C116H136F6N6O20. The second-order valence-corrected chi connectivity index (χ2v) is 35.2. The van der Waals surface area contributed by atoms with E-state index in [2.05, 4.69) is 6.07 Å². The number of aryl methyl sites for hydroxylation is 12. The first kappa shape index (κ1) is 120. The number of methoxy groups -OCH3 is 1. The number of nitrogens with zero attached hydrogens (tertiary/aromatic N) is 6. The predicted octanol–water partition coefficient (Wildman–Crippen LogP) is 27.7. The van der Waals surface area contributed by atoms with E-state index in [-0.39, 0.29) is 129 Å². The number of anilines is 6. The van der Waals surface area contributed by atoms with Crippen molar-refractivity contribution in [2.45, 2.75) is 242 Å². The highest BCUT2D eigenvalue weighted by Gasteiger charge is 2.33. The number of carbonyl (C=O) groups is 6. The zero-order chi connectivity index (χ0) is 110. The Labute approximate surface area is 862 Å². The van der Waals surface area contributed by atoms with E-state index in [9.17, 15) is 86.4 Å². The first-order valence-corrected chi connectivity index (χ1v) is 48.4. The third-order valence-corrected chi connectivity index (χ3v) is 23.1. The van der Waals surface area contributed by atoms with E-state index < -0.39 is 47.6 Å². The minimum atomic E-state index is -4.59. The van der Waals surface area contributed by atoms with Gasteiger partial charge in [-0.3, -0.25) is 60.0 Å². The fourth-order valence-electron chi connectivity index (χ4n) is 15.0. The van der Waals surface area contributed by atoms with Crippen molar-refractivity contribution in [3.63, 3.8) is 0 Å². The maximum atomic E-state index is 14.0. The van der Waals surface area contributed by atoms with Crippen molar-refractivity contribution >= 4 is 69.6 Å². The Kier molecular flexibility index (Phi) is 47.0. The van der Waals surface area contributed by atoms with Crippen molar-refractivity contribution < 1.29 is 124 Å². The van der Waals surface area contributed by atoms with Crippen LogP contribution in [0, 0.1) is 88.9 Å². The van der Waals surface area contributed by atoms with Gasteiger partial charge in [-0.05, 0) is 220 Å². The van der Waals surface area contributed by atoms with E-state index in [4.69, 9.17) is 37.9 Å². The smallest absolute Gasteiger partial charge is 0.416 e. The molecule has 26 nitrogen and oxygen atoms in total. The number of alkyl halides is 5. The Morgan fingerprint density at radius 3 is 0.872 bits per heavy atom. The molecule has 0 saturated heterocycles. The molecule has 0 unspecified atom stereocenters. The van der Waals surface area contributed by atoms with Gasteiger partial charge < -0.3 is 37.9 Å². The van der Waals surface area contributed by atoms with Gasteiger partial charge in [-0.2, -0.15) is 43.6 Å². The number of benzene rings is 12. The average molecular weight is 2050 g/mol. The van der Waals surface area contributed by atoms with E-state index in [0.29, 0.717) is 94.9 Å². The molecule has 0 spiro atoms. The molecule has 12 aromatic carbocycles. The molecule has 6 N–H and O–H groups in total. The minimum absolute atomic E-state index is 0.00872. The summed E-state index contributed by atoms with van der Waals surface area (Å²) >= 11 is 0. The number of ether oxygens (including phenoxy) is 8. The molecule has 32 heteroatoms. The highest BCUT2D eigenvalue weighted by atomic mass is 19.4. The third kappa shape index (κ3) is 35.0. The molecule has 0 heterocycles. The van der Waals surface area contributed by atoms with Crippen molar-refractivity contribution in [2.75, 3.05) is 44.1 Å². The number of para-hydroxylation sites is 2. The number of hydroxylamine groups is 6. The fraction of sp³-hybridized carbons (Fsp3) is 0.328. The summed E-state index contributed by atoms with van der Waals surface area (Å²) in [7, 11) is 1.54. The van der Waals surface area contributed by atoms with Crippen LogP contribution in [0.1, 0.15) is 230 Å². The van der Waals surface area contributed by atoms with Gasteiger partial charge in [-0.15, -0.1) is 0 Å². The maximum Gasteiger partial charge on any atom is 0.416 e. The molecule has 0 bridgehead atoms. The lowest BCUT2D eigenvalue weighted by Crippen LogP contribution is -2.28. The predicted molar refractivity (Wildman–Crippen MR) is 559 cm³/mol. The molecule has 0 aliphatic heterocycles. The lowest BCUT2D eigenvalue weighted by Gasteiger charge is -2.23. The van der Waals surface area contributed by atoms with E-state index in [1.165, 1.54) is 61.1 Å². The monoisotopic (exact) mass is 2050 g/mol. The Balaban J connectivity index is 0.000000240. The van der Waals surface area contributed by atoms with Crippen LogP contribution < -0.4 is 68.3 Å². The van der Waals surface area contributed by atoms with Gasteiger partial charge >= 0.3 is 6.18 Å². The van der Waals surface area contributed by atoms with E-state index in [1.807, 2.05) is 219 Å². The van der Waals surface area contributed by atoms with E-state index in [1.54, 1.807) is 83.1 Å². The molecule has 0 fully saturated rings. The van der Waals surface area contributed by atoms with Gasteiger partial charge in [0.05, 0.1) is 47.7 Å². The first-order chi connectivity index (χ1) is 70.1. The summed E-state index contributed by atoms with van der Waals surface area (Å²) < 4.78 is 124. The topological polar surface area (TPSA) is 317 Å². The Morgan fingerprint density at radius 1 is 0.304 bits per heavy atom. The maximum absolute atomic E-state index is 14.0. The normalized spacial score (nSPS) is 10.7. The molecule has 0 atom stereocenters. The summed E-state index contributed by atoms with van der Waals surface area (Å²) in [6.07, 6.45) is -6.58. The lowest BCUT2D eigenvalue weighted by atomic mass is 9.97. The highest BCUT2D eigenvalue weighted by molar-refractivity contribution is 5.95. The quantitative estimate of drug-likeness (QED) is 0.0122. The molecule has 0 saturated carbocycles. The number of hydrogen-bond donors (Lipinski definition) is 6. The van der Waals surface area contributed by atoms with E-state index in [0.717, 1.165) is 102 Å². The van der Waals surface area contributed by atoms with Crippen molar-refractivity contribution in [1.29, 1.82) is 0 Å². The van der Waals surface area contributed by atoms with Crippen LogP contribution in [0.4, 0.5) is 60.5 Å². The van der Waals surface area contributed by atoms with Gasteiger partial charge in [0, 0.05) is 89.6 Å². The lowest BCUT2D eigenvalue weighted by molar-refractivity contribution is -0.137. The van der Waals surface area contributed by atoms with Crippen LogP contribution in [0.15, 0.2) is 218 Å². The summed E-state index contributed by atoms with van der Waals surface area (Å²) in [5.41, 5.74) is 16.6. The van der Waals surface area contributed by atoms with Crippen molar-refractivity contribution in [2.24, 2.45) is 0 Å². The third-order valence-electron chi connectivity index (χ3n) is 23.1. The molecule has 0 aromatic heterocycles. The second-order valence-electron chi connectivity index (χ2n) is 35.2. The molecule has 0 radical (unpaired) electrons. The summed E-state index contributed by atoms with van der Waals surface area (Å²) in [6, 6.07) is 62.1. The summed E-state index contributed by atoms with van der Waals surface area (Å²) in [5, 5.41) is 63.9. The van der Waals surface area contributed by atoms with Crippen LogP contribution >= 0.6 is 0 Å².